The van der Waals surface area contributed by atoms with E-state index in [4.69, 9.17) is 0 Å². The van der Waals surface area contributed by atoms with Gasteiger partial charge in [-0.1, -0.05) is 6.07 Å². The third-order valence-electron chi connectivity index (χ3n) is 1.26. The largest absolute Gasteiger partial charge is 0.246 e. The van der Waals surface area contributed by atoms with Gasteiger partial charge in [0.2, 0.25) is 0 Å². The minimum atomic E-state index is -0.737. The summed E-state index contributed by atoms with van der Waals surface area (Å²) in [6.07, 6.45) is 0. The summed E-state index contributed by atoms with van der Waals surface area (Å²) in [6.45, 7) is -0.737. The first-order chi connectivity index (χ1) is 5.16. The molecule has 0 atom stereocenters. The van der Waals surface area contributed by atoms with Crippen molar-refractivity contribution in [3.8, 4) is 0 Å². The second-order valence-corrected chi connectivity index (χ2v) is 4.21. The molecule has 0 aliphatic carbocycles. The van der Waals surface area contributed by atoms with Gasteiger partial charge in [-0.15, -0.1) is 0 Å². The van der Waals surface area contributed by atoms with Crippen LogP contribution in [0.1, 0.15) is 5.56 Å². The fraction of sp³-hybridized carbons (Fsp3) is 0.143. The molecular formula is C7H4F2I2. The number of hydrogen-bond acceptors (Lipinski definition) is 0. The first kappa shape index (κ1) is 9.63. The lowest BCUT2D eigenvalue weighted by molar-refractivity contribution is 0.462. The van der Waals surface area contributed by atoms with Gasteiger partial charge in [0.1, 0.15) is 12.5 Å². The lowest BCUT2D eigenvalue weighted by atomic mass is 10.2. The zero-order valence-corrected chi connectivity index (χ0v) is 9.69. The van der Waals surface area contributed by atoms with E-state index in [2.05, 4.69) is 0 Å². The first-order valence-corrected chi connectivity index (χ1v) is 5.01. The van der Waals surface area contributed by atoms with E-state index in [1.807, 2.05) is 45.2 Å². The molecule has 0 aliphatic rings. The van der Waals surface area contributed by atoms with Crippen molar-refractivity contribution in [2.45, 2.75) is 6.67 Å². The summed E-state index contributed by atoms with van der Waals surface area (Å²) < 4.78 is 26.4. The van der Waals surface area contributed by atoms with E-state index < -0.39 is 12.5 Å². The Labute approximate surface area is 90.7 Å². The quantitative estimate of drug-likeness (QED) is 0.517. The van der Waals surface area contributed by atoms with Crippen LogP contribution in [0.15, 0.2) is 12.1 Å². The number of hydrogen-bond donors (Lipinski definition) is 0. The maximum Gasteiger partial charge on any atom is 0.143 e. The van der Waals surface area contributed by atoms with Crippen LogP contribution in [0, 0.1) is 13.0 Å². The molecule has 0 radical (unpaired) electrons. The summed E-state index contributed by atoms with van der Waals surface area (Å²) in [4.78, 5) is 0. The average molecular weight is 380 g/mol. The molecule has 0 N–H and O–H groups in total. The van der Waals surface area contributed by atoms with Gasteiger partial charge in [-0.05, 0) is 51.2 Å². The maximum absolute atomic E-state index is 13.0. The smallest absolute Gasteiger partial charge is 0.143 e. The number of benzene rings is 1. The van der Waals surface area contributed by atoms with Crippen molar-refractivity contribution in [3.05, 3.63) is 30.7 Å². The highest BCUT2D eigenvalue weighted by Gasteiger charge is 2.08. The van der Waals surface area contributed by atoms with Crippen LogP contribution in [0.3, 0.4) is 0 Å². The van der Waals surface area contributed by atoms with Crippen molar-refractivity contribution in [2.75, 3.05) is 0 Å². The monoisotopic (exact) mass is 380 g/mol. The Bertz CT molecular complexity index is 273. The molecule has 0 saturated carbocycles. The Morgan fingerprint density at radius 1 is 1.27 bits per heavy atom. The fourth-order valence-corrected chi connectivity index (χ4v) is 1.61. The summed E-state index contributed by atoms with van der Waals surface area (Å²) in [5, 5.41) is 0. The average Bonchev–Trinajstić information content (AvgIpc) is 2.01. The molecule has 1 rings (SSSR count). The summed E-state index contributed by atoms with van der Waals surface area (Å²) in [5.41, 5.74) is 0.134. The molecule has 4 heteroatoms. The number of alkyl halides is 1. The molecule has 0 aliphatic heterocycles. The van der Waals surface area contributed by atoms with Crippen molar-refractivity contribution in [3.63, 3.8) is 0 Å². The zero-order valence-electron chi connectivity index (χ0n) is 5.37. The van der Waals surface area contributed by atoms with Crippen LogP contribution in [0.2, 0.25) is 0 Å². The lowest BCUT2D eigenvalue weighted by Crippen LogP contribution is -1.92. The van der Waals surface area contributed by atoms with Gasteiger partial charge in [0.05, 0.1) is 3.57 Å². The summed E-state index contributed by atoms with van der Waals surface area (Å²) in [5.74, 6) is -0.431. The molecule has 0 amide bonds. The molecule has 0 unspecified atom stereocenters. The van der Waals surface area contributed by atoms with Crippen molar-refractivity contribution in [1.82, 2.24) is 0 Å². The van der Waals surface area contributed by atoms with Crippen molar-refractivity contribution < 1.29 is 8.78 Å². The highest BCUT2D eigenvalue weighted by Crippen LogP contribution is 2.21. The molecule has 0 fully saturated rings. The molecule has 0 saturated heterocycles. The molecule has 0 spiro atoms. The van der Waals surface area contributed by atoms with E-state index in [1.54, 1.807) is 6.07 Å². The number of rotatable bonds is 1. The summed E-state index contributed by atoms with van der Waals surface area (Å²) in [7, 11) is 0. The maximum atomic E-state index is 13.0. The highest BCUT2D eigenvalue weighted by molar-refractivity contribution is 14.1. The summed E-state index contributed by atoms with van der Waals surface area (Å²) >= 11 is 3.88. The summed E-state index contributed by atoms with van der Waals surface area (Å²) in [6, 6.07) is 3.18. The van der Waals surface area contributed by atoms with Crippen molar-refractivity contribution in [1.29, 1.82) is 0 Å². The topological polar surface area (TPSA) is 0 Å². The van der Waals surface area contributed by atoms with E-state index in [1.165, 1.54) is 6.07 Å². The van der Waals surface area contributed by atoms with Gasteiger partial charge in [-0.2, -0.15) is 0 Å². The predicted octanol–water partition coefficient (Wildman–Crippen LogP) is 3.50. The molecule has 0 heterocycles. The first-order valence-electron chi connectivity index (χ1n) is 2.85. The van der Waals surface area contributed by atoms with Crippen LogP contribution in [0.5, 0.6) is 0 Å². The standard InChI is InChI=1S/C7H4F2I2/c8-3-4-1-2-5(10)7(11)6(4)9/h1-2H,3H2. The van der Waals surface area contributed by atoms with E-state index in [0.717, 1.165) is 3.57 Å². The minimum absolute atomic E-state index is 0.134. The van der Waals surface area contributed by atoms with Gasteiger partial charge in [-0.25, -0.2) is 8.78 Å². The molecular weight excluding hydrogens is 376 g/mol. The number of halogens is 4. The van der Waals surface area contributed by atoms with Gasteiger partial charge < -0.3 is 0 Å². The van der Waals surface area contributed by atoms with Crippen LogP contribution in [0.4, 0.5) is 8.78 Å². The lowest BCUT2D eigenvalue weighted by Gasteiger charge is -2.01. The molecule has 0 aromatic heterocycles. The van der Waals surface area contributed by atoms with E-state index in [0.29, 0.717) is 3.57 Å². The van der Waals surface area contributed by atoms with Crippen LogP contribution >= 0.6 is 45.2 Å². The molecule has 0 bridgehead atoms. The molecule has 1 aromatic carbocycles. The van der Waals surface area contributed by atoms with Crippen molar-refractivity contribution >= 4 is 45.2 Å². The Kier molecular flexibility index (Phi) is 3.48. The molecule has 1 aromatic rings. The highest BCUT2D eigenvalue weighted by atomic mass is 127. The zero-order chi connectivity index (χ0) is 8.43. The second kappa shape index (κ2) is 3.97. The Balaban J connectivity index is 3.25. The van der Waals surface area contributed by atoms with Crippen LogP contribution in [-0.4, -0.2) is 0 Å². The van der Waals surface area contributed by atoms with Gasteiger partial charge in [0.25, 0.3) is 0 Å². The van der Waals surface area contributed by atoms with E-state index >= 15 is 0 Å². The molecule has 0 nitrogen and oxygen atoms in total. The molecule has 11 heavy (non-hydrogen) atoms. The van der Waals surface area contributed by atoms with Gasteiger partial charge >= 0.3 is 0 Å². The molecule has 60 valence electrons. The third-order valence-corrected chi connectivity index (χ3v) is 4.24. The Morgan fingerprint density at radius 2 is 1.91 bits per heavy atom. The second-order valence-electron chi connectivity index (χ2n) is 1.97. The minimum Gasteiger partial charge on any atom is -0.246 e. The van der Waals surface area contributed by atoms with Crippen LogP contribution in [-0.2, 0) is 6.67 Å². The third kappa shape index (κ3) is 2.01. The van der Waals surface area contributed by atoms with E-state index in [-0.39, 0.29) is 5.56 Å². The predicted molar refractivity (Wildman–Crippen MR) is 56.6 cm³/mol. The van der Waals surface area contributed by atoms with Crippen molar-refractivity contribution in [2.24, 2.45) is 0 Å². The van der Waals surface area contributed by atoms with E-state index in [9.17, 15) is 8.78 Å². The SMILES string of the molecule is FCc1ccc(I)c(I)c1F. The fourth-order valence-electron chi connectivity index (χ4n) is 0.669. The van der Waals surface area contributed by atoms with Gasteiger partial charge in [0.15, 0.2) is 0 Å². The Hall–Kier alpha value is 0.540. The Morgan fingerprint density at radius 3 is 2.45 bits per heavy atom. The van der Waals surface area contributed by atoms with Crippen LogP contribution in [0.25, 0.3) is 0 Å². The van der Waals surface area contributed by atoms with Gasteiger partial charge in [0, 0.05) is 9.13 Å². The van der Waals surface area contributed by atoms with Crippen LogP contribution < -0.4 is 0 Å². The normalized spacial score (nSPS) is 10.2. The van der Waals surface area contributed by atoms with Gasteiger partial charge in [-0.3, -0.25) is 0 Å².